The normalized spacial score (nSPS) is 25.2. The zero-order chi connectivity index (χ0) is 14.6. The molecule has 0 bridgehead atoms. The van der Waals surface area contributed by atoms with Crippen molar-refractivity contribution in [3.63, 3.8) is 0 Å². The first-order valence-electron chi connectivity index (χ1n) is 7.11. The van der Waals surface area contributed by atoms with Crippen LogP contribution < -0.4 is 5.32 Å². The number of carboxylic acid groups (broad SMARTS) is 1. The molecular formula is C14H26N2O3. The summed E-state index contributed by atoms with van der Waals surface area (Å²) in [6.45, 7) is 8.82. The summed E-state index contributed by atoms with van der Waals surface area (Å²) in [5.74, 6) is -0.0923. The zero-order valence-corrected chi connectivity index (χ0v) is 12.3. The number of rotatable bonds is 4. The number of nitrogens with zero attached hydrogens (tertiary/aromatic N) is 1. The summed E-state index contributed by atoms with van der Waals surface area (Å²) in [7, 11) is 0. The summed E-state index contributed by atoms with van der Waals surface area (Å²) in [6.07, 6.45) is 2.43. The SMILES string of the molecule is CC(C)CC(NC(=O)N1CCC(C)CC1C)C(=O)O. The number of nitrogens with one attached hydrogen (secondary N) is 1. The number of urea groups is 1. The van der Waals surface area contributed by atoms with Crippen molar-refractivity contribution in [2.45, 2.75) is 59.0 Å². The van der Waals surface area contributed by atoms with Crippen LogP contribution in [-0.2, 0) is 4.79 Å². The van der Waals surface area contributed by atoms with Crippen molar-refractivity contribution in [2.75, 3.05) is 6.54 Å². The fraction of sp³-hybridized carbons (Fsp3) is 0.857. The molecule has 3 unspecified atom stereocenters. The van der Waals surface area contributed by atoms with Gasteiger partial charge in [-0.05, 0) is 38.0 Å². The van der Waals surface area contributed by atoms with E-state index in [1.807, 2.05) is 20.8 Å². The first-order valence-corrected chi connectivity index (χ1v) is 7.11. The number of carbonyl (C=O) groups is 2. The molecule has 1 saturated heterocycles. The van der Waals surface area contributed by atoms with Crippen LogP contribution in [0.4, 0.5) is 4.79 Å². The van der Waals surface area contributed by atoms with Crippen LogP contribution in [0.1, 0.15) is 47.0 Å². The molecule has 0 aromatic carbocycles. The summed E-state index contributed by atoms with van der Waals surface area (Å²) < 4.78 is 0. The van der Waals surface area contributed by atoms with Crippen molar-refractivity contribution in [3.05, 3.63) is 0 Å². The Morgan fingerprint density at radius 3 is 2.47 bits per heavy atom. The van der Waals surface area contributed by atoms with Crippen LogP contribution in [0.15, 0.2) is 0 Å². The molecule has 5 nitrogen and oxygen atoms in total. The van der Waals surface area contributed by atoms with Gasteiger partial charge in [0.2, 0.25) is 0 Å². The monoisotopic (exact) mass is 270 g/mol. The van der Waals surface area contributed by atoms with E-state index in [0.717, 1.165) is 12.8 Å². The number of hydrogen-bond acceptors (Lipinski definition) is 2. The smallest absolute Gasteiger partial charge is 0.326 e. The average Bonchev–Trinajstić information content (AvgIpc) is 2.26. The number of carbonyl (C=O) groups excluding carboxylic acids is 1. The number of amides is 2. The predicted molar refractivity (Wildman–Crippen MR) is 74.0 cm³/mol. The van der Waals surface area contributed by atoms with Gasteiger partial charge in [0.15, 0.2) is 0 Å². The summed E-state index contributed by atoms with van der Waals surface area (Å²) in [5, 5.41) is 11.8. The average molecular weight is 270 g/mol. The van der Waals surface area contributed by atoms with Gasteiger partial charge in [0.25, 0.3) is 0 Å². The molecule has 0 aliphatic carbocycles. The molecule has 1 fully saturated rings. The Bertz CT molecular complexity index is 331. The fourth-order valence-electron chi connectivity index (χ4n) is 2.63. The van der Waals surface area contributed by atoms with Gasteiger partial charge in [0.1, 0.15) is 6.04 Å². The van der Waals surface area contributed by atoms with E-state index in [1.54, 1.807) is 4.90 Å². The molecule has 5 heteroatoms. The second-order valence-corrected chi connectivity index (χ2v) is 6.14. The molecule has 0 radical (unpaired) electrons. The number of hydrogen-bond donors (Lipinski definition) is 2. The minimum absolute atomic E-state index is 0.178. The number of likely N-dealkylation sites (tertiary alicyclic amines) is 1. The Morgan fingerprint density at radius 2 is 2.00 bits per heavy atom. The van der Waals surface area contributed by atoms with Crippen LogP contribution >= 0.6 is 0 Å². The minimum Gasteiger partial charge on any atom is -0.480 e. The molecule has 1 rings (SSSR count). The Kier molecular flexibility index (Phi) is 5.63. The van der Waals surface area contributed by atoms with Crippen molar-refractivity contribution in [1.29, 1.82) is 0 Å². The second-order valence-electron chi connectivity index (χ2n) is 6.14. The molecule has 19 heavy (non-hydrogen) atoms. The second kappa shape index (κ2) is 6.78. The molecule has 0 spiro atoms. The molecule has 2 amide bonds. The highest BCUT2D eigenvalue weighted by molar-refractivity contribution is 5.82. The van der Waals surface area contributed by atoms with Gasteiger partial charge < -0.3 is 15.3 Å². The largest absolute Gasteiger partial charge is 0.480 e. The number of aliphatic carboxylic acids is 1. The molecule has 0 aromatic rings. The molecule has 0 saturated carbocycles. The standard InChI is InChI=1S/C14H26N2O3/c1-9(2)7-12(13(17)18)15-14(19)16-6-5-10(3)8-11(16)4/h9-12H,5-8H2,1-4H3,(H,15,19)(H,17,18). The third-order valence-corrected chi connectivity index (χ3v) is 3.70. The maximum atomic E-state index is 12.2. The molecule has 0 aromatic heterocycles. The first kappa shape index (κ1) is 15.8. The molecule has 1 aliphatic heterocycles. The van der Waals surface area contributed by atoms with Gasteiger partial charge >= 0.3 is 12.0 Å². The number of carboxylic acids is 1. The highest BCUT2D eigenvalue weighted by Crippen LogP contribution is 2.22. The van der Waals surface area contributed by atoms with Crippen molar-refractivity contribution in [3.8, 4) is 0 Å². The van der Waals surface area contributed by atoms with Gasteiger partial charge in [0, 0.05) is 12.6 Å². The Labute approximate surface area is 115 Å². The minimum atomic E-state index is -0.958. The Morgan fingerprint density at radius 1 is 1.37 bits per heavy atom. The van der Waals surface area contributed by atoms with Crippen LogP contribution in [0.3, 0.4) is 0 Å². The quantitative estimate of drug-likeness (QED) is 0.823. The lowest BCUT2D eigenvalue weighted by molar-refractivity contribution is -0.139. The molecule has 1 aliphatic rings. The van der Waals surface area contributed by atoms with Gasteiger partial charge in [-0.2, -0.15) is 0 Å². The number of piperidine rings is 1. The van der Waals surface area contributed by atoms with Crippen LogP contribution in [0.2, 0.25) is 0 Å². The van der Waals surface area contributed by atoms with Crippen molar-refractivity contribution < 1.29 is 14.7 Å². The van der Waals surface area contributed by atoms with Gasteiger partial charge in [-0.25, -0.2) is 9.59 Å². The third-order valence-electron chi connectivity index (χ3n) is 3.70. The van der Waals surface area contributed by atoms with Gasteiger partial charge in [-0.3, -0.25) is 0 Å². The zero-order valence-electron chi connectivity index (χ0n) is 12.3. The lowest BCUT2D eigenvalue weighted by Crippen LogP contribution is -2.53. The van der Waals surface area contributed by atoms with Crippen LogP contribution in [0.25, 0.3) is 0 Å². The van der Waals surface area contributed by atoms with Crippen molar-refractivity contribution >= 4 is 12.0 Å². The predicted octanol–water partition coefficient (Wildman–Crippen LogP) is 2.32. The third kappa shape index (κ3) is 4.73. The van der Waals surface area contributed by atoms with Crippen LogP contribution in [0.5, 0.6) is 0 Å². The fourth-order valence-corrected chi connectivity index (χ4v) is 2.63. The Hall–Kier alpha value is -1.26. The molecule has 110 valence electrons. The summed E-state index contributed by atoms with van der Waals surface area (Å²) in [4.78, 5) is 25.1. The molecule has 2 N–H and O–H groups in total. The maximum absolute atomic E-state index is 12.2. The first-order chi connectivity index (χ1) is 8.81. The van der Waals surface area contributed by atoms with Crippen LogP contribution in [0, 0.1) is 11.8 Å². The van der Waals surface area contributed by atoms with Gasteiger partial charge in [-0.1, -0.05) is 20.8 Å². The highest BCUT2D eigenvalue weighted by Gasteiger charge is 2.29. The van der Waals surface area contributed by atoms with Gasteiger partial charge in [-0.15, -0.1) is 0 Å². The van der Waals surface area contributed by atoms with E-state index in [2.05, 4.69) is 12.2 Å². The molecule has 3 atom stereocenters. The Balaban J connectivity index is 2.59. The van der Waals surface area contributed by atoms with E-state index in [4.69, 9.17) is 5.11 Å². The van der Waals surface area contributed by atoms with Crippen molar-refractivity contribution in [1.82, 2.24) is 10.2 Å². The molecule has 1 heterocycles. The topological polar surface area (TPSA) is 69.6 Å². The van der Waals surface area contributed by atoms with Crippen LogP contribution in [-0.4, -0.2) is 40.6 Å². The van der Waals surface area contributed by atoms with E-state index in [0.29, 0.717) is 18.9 Å². The van der Waals surface area contributed by atoms with E-state index in [-0.39, 0.29) is 18.0 Å². The molecular weight excluding hydrogens is 244 g/mol. The lowest BCUT2D eigenvalue weighted by atomic mass is 9.94. The van der Waals surface area contributed by atoms with E-state index < -0.39 is 12.0 Å². The highest BCUT2D eigenvalue weighted by atomic mass is 16.4. The van der Waals surface area contributed by atoms with Gasteiger partial charge in [0.05, 0.1) is 0 Å². The summed E-state index contributed by atoms with van der Waals surface area (Å²) >= 11 is 0. The van der Waals surface area contributed by atoms with Crippen molar-refractivity contribution in [2.24, 2.45) is 11.8 Å². The lowest BCUT2D eigenvalue weighted by Gasteiger charge is -2.37. The maximum Gasteiger partial charge on any atom is 0.326 e. The summed E-state index contributed by atoms with van der Waals surface area (Å²) in [5.41, 5.74) is 0. The van der Waals surface area contributed by atoms with E-state index >= 15 is 0 Å². The van der Waals surface area contributed by atoms with E-state index in [1.165, 1.54) is 0 Å². The van der Waals surface area contributed by atoms with E-state index in [9.17, 15) is 9.59 Å². The summed E-state index contributed by atoms with van der Waals surface area (Å²) in [6, 6.07) is -0.858.